The van der Waals surface area contributed by atoms with Gasteiger partial charge in [0.2, 0.25) is 5.91 Å². The molecule has 0 aromatic carbocycles. The third-order valence-corrected chi connectivity index (χ3v) is 4.15. The van der Waals surface area contributed by atoms with Gasteiger partial charge in [0.15, 0.2) is 0 Å². The molecule has 1 saturated carbocycles. The van der Waals surface area contributed by atoms with E-state index in [1.807, 2.05) is 0 Å². The van der Waals surface area contributed by atoms with Crippen molar-refractivity contribution in [1.29, 1.82) is 0 Å². The Kier molecular flexibility index (Phi) is 4.04. The first-order chi connectivity index (χ1) is 8.62. The molecule has 100 valence electrons. The number of hydrogen-bond donors (Lipinski definition) is 2. The van der Waals surface area contributed by atoms with E-state index < -0.39 is 11.4 Å². The molecule has 0 heterocycles. The highest BCUT2D eigenvalue weighted by atomic mass is 16.4. The van der Waals surface area contributed by atoms with Gasteiger partial charge in [0.05, 0.1) is 5.41 Å². The van der Waals surface area contributed by atoms with E-state index in [1.165, 1.54) is 0 Å². The van der Waals surface area contributed by atoms with E-state index in [4.69, 9.17) is 0 Å². The number of carbonyl (C=O) groups is 2. The second-order valence-electron chi connectivity index (χ2n) is 5.52. The zero-order valence-electron chi connectivity index (χ0n) is 10.7. The molecule has 2 N–H and O–H groups in total. The summed E-state index contributed by atoms with van der Waals surface area (Å²) in [5.74, 6) is -0.904. The molecule has 2 aliphatic carbocycles. The lowest BCUT2D eigenvalue weighted by molar-refractivity contribution is -0.151. The number of rotatable bonds is 4. The maximum Gasteiger partial charge on any atom is 0.310 e. The second-order valence-corrected chi connectivity index (χ2v) is 5.52. The largest absolute Gasteiger partial charge is 0.481 e. The van der Waals surface area contributed by atoms with Gasteiger partial charge in [0.1, 0.15) is 0 Å². The molecule has 0 bridgehead atoms. The van der Waals surface area contributed by atoms with Crippen LogP contribution in [0.15, 0.2) is 12.2 Å². The molecule has 4 nitrogen and oxygen atoms in total. The smallest absolute Gasteiger partial charge is 0.310 e. The van der Waals surface area contributed by atoms with Crippen LogP contribution in [-0.2, 0) is 9.59 Å². The van der Waals surface area contributed by atoms with Crippen molar-refractivity contribution in [1.82, 2.24) is 5.32 Å². The van der Waals surface area contributed by atoms with Crippen LogP contribution in [0.3, 0.4) is 0 Å². The molecule has 2 rings (SSSR count). The average Bonchev–Trinajstić information content (AvgIpc) is 2.80. The zero-order valence-corrected chi connectivity index (χ0v) is 10.7. The first kappa shape index (κ1) is 13.1. The van der Waals surface area contributed by atoms with Crippen LogP contribution in [0, 0.1) is 5.41 Å². The Labute approximate surface area is 107 Å². The number of allylic oxidation sites excluding steroid dienone is 1. The lowest BCUT2D eigenvalue weighted by Crippen LogP contribution is -2.40. The predicted molar refractivity (Wildman–Crippen MR) is 68.1 cm³/mol. The van der Waals surface area contributed by atoms with E-state index in [-0.39, 0.29) is 18.4 Å². The third kappa shape index (κ3) is 2.92. The molecule has 0 aliphatic heterocycles. The molecule has 2 aliphatic rings. The highest BCUT2D eigenvalue weighted by Gasteiger charge is 2.43. The summed E-state index contributed by atoms with van der Waals surface area (Å²) in [4.78, 5) is 23.3. The van der Waals surface area contributed by atoms with Gasteiger partial charge < -0.3 is 10.4 Å². The van der Waals surface area contributed by atoms with Crippen molar-refractivity contribution in [3.05, 3.63) is 12.2 Å². The second kappa shape index (κ2) is 5.55. The van der Waals surface area contributed by atoms with Crippen molar-refractivity contribution < 1.29 is 14.7 Å². The average molecular weight is 251 g/mol. The van der Waals surface area contributed by atoms with Crippen molar-refractivity contribution >= 4 is 11.9 Å². The quantitative estimate of drug-likeness (QED) is 0.753. The summed E-state index contributed by atoms with van der Waals surface area (Å²) in [5, 5.41) is 12.3. The minimum absolute atomic E-state index is 0.0976. The van der Waals surface area contributed by atoms with Crippen molar-refractivity contribution in [2.24, 2.45) is 5.41 Å². The molecular formula is C14H21NO3. The van der Waals surface area contributed by atoms with E-state index in [1.54, 1.807) is 0 Å². The van der Waals surface area contributed by atoms with Gasteiger partial charge in [-0.15, -0.1) is 0 Å². The molecule has 0 aromatic rings. The zero-order chi connectivity index (χ0) is 13.0. The third-order valence-electron chi connectivity index (χ3n) is 4.15. The fourth-order valence-electron chi connectivity index (χ4n) is 3.03. The molecule has 0 saturated heterocycles. The Morgan fingerprint density at radius 2 is 2.00 bits per heavy atom. The SMILES string of the molecule is O=C(CC1(C(=O)O)CCCC1)NC1CC=CCC1. The van der Waals surface area contributed by atoms with Gasteiger partial charge in [0.25, 0.3) is 0 Å². The van der Waals surface area contributed by atoms with Crippen LogP contribution < -0.4 is 5.32 Å². The maximum absolute atomic E-state index is 12.0. The molecule has 0 spiro atoms. The van der Waals surface area contributed by atoms with E-state index in [0.29, 0.717) is 12.8 Å². The number of amides is 1. The normalized spacial score (nSPS) is 25.9. The molecule has 1 amide bonds. The number of carboxylic acids is 1. The summed E-state index contributed by atoms with van der Waals surface area (Å²) >= 11 is 0. The molecule has 0 radical (unpaired) electrons. The van der Waals surface area contributed by atoms with Crippen LogP contribution in [0.25, 0.3) is 0 Å². The van der Waals surface area contributed by atoms with Crippen LogP contribution in [-0.4, -0.2) is 23.0 Å². The molecule has 18 heavy (non-hydrogen) atoms. The lowest BCUT2D eigenvalue weighted by Gasteiger charge is -2.25. The molecule has 0 aromatic heterocycles. The number of aliphatic carboxylic acids is 1. The first-order valence-corrected chi connectivity index (χ1v) is 6.80. The van der Waals surface area contributed by atoms with E-state index in [2.05, 4.69) is 17.5 Å². The van der Waals surface area contributed by atoms with Gasteiger partial charge in [-0.25, -0.2) is 0 Å². The van der Waals surface area contributed by atoms with Gasteiger partial charge in [-0.05, 0) is 32.1 Å². The fraction of sp³-hybridized carbons (Fsp3) is 0.714. The Hall–Kier alpha value is -1.32. The standard InChI is InChI=1S/C14H21NO3/c16-12(15-11-6-2-1-3-7-11)10-14(13(17)18)8-4-5-9-14/h1-2,11H,3-10H2,(H,15,16)(H,17,18). The van der Waals surface area contributed by atoms with Crippen LogP contribution in [0.4, 0.5) is 0 Å². The molecular weight excluding hydrogens is 230 g/mol. The van der Waals surface area contributed by atoms with Gasteiger partial charge in [-0.3, -0.25) is 9.59 Å². The Morgan fingerprint density at radius 1 is 1.28 bits per heavy atom. The topological polar surface area (TPSA) is 66.4 Å². The summed E-state index contributed by atoms with van der Waals surface area (Å²) in [6.07, 6.45) is 10.3. The highest BCUT2D eigenvalue weighted by Crippen LogP contribution is 2.41. The Bertz CT molecular complexity index is 356. The molecule has 1 atom stereocenters. The predicted octanol–water partition coefficient (Wildman–Crippen LogP) is 2.25. The summed E-state index contributed by atoms with van der Waals surface area (Å²) in [5.41, 5.74) is -0.797. The summed E-state index contributed by atoms with van der Waals surface area (Å²) in [6, 6.07) is 0.190. The van der Waals surface area contributed by atoms with Crippen molar-refractivity contribution in [2.75, 3.05) is 0 Å². The van der Waals surface area contributed by atoms with Crippen molar-refractivity contribution in [3.8, 4) is 0 Å². The summed E-state index contributed by atoms with van der Waals surface area (Å²) in [7, 11) is 0. The summed E-state index contributed by atoms with van der Waals surface area (Å²) in [6.45, 7) is 0. The van der Waals surface area contributed by atoms with E-state index >= 15 is 0 Å². The van der Waals surface area contributed by atoms with Crippen LogP contribution in [0.5, 0.6) is 0 Å². The van der Waals surface area contributed by atoms with E-state index in [0.717, 1.165) is 32.1 Å². The number of carboxylic acid groups (broad SMARTS) is 1. The Balaban J connectivity index is 1.89. The molecule has 1 unspecified atom stereocenters. The lowest BCUT2D eigenvalue weighted by atomic mass is 9.82. The summed E-state index contributed by atoms with van der Waals surface area (Å²) < 4.78 is 0. The first-order valence-electron chi connectivity index (χ1n) is 6.80. The van der Waals surface area contributed by atoms with Crippen LogP contribution >= 0.6 is 0 Å². The highest BCUT2D eigenvalue weighted by molar-refractivity contribution is 5.85. The fourth-order valence-corrected chi connectivity index (χ4v) is 3.03. The minimum Gasteiger partial charge on any atom is -0.481 e. The van der Waals surface area contributed by atoms with Crippen molar-refractivity contribution in [2.45, 2.75) is 57.4 Å². The van der Waals surface area contributed by atoms with Crippen LogP contribution in [0.2, 0.25) is 0 Å². The number of hydrogen-bond acceptors (Lipinski definition) is 2. The van der Waals surface area contributed by atoms with Gasteiger partial charge in [-0.1, -0.05) is 25.0 Å². The maximum atomic E-state index is 12.0. The van der Waals surface area contributed by atoms with Gasteiger partial charge in [-0.2, -0.15) is 0 Å². The monoisotopic (exact) mass is 251 g/mol. The number of nitrogens with one attached hydrogen (secondary N) is 1. The molecule has 1 fully saturated rings. The van der Waals surface area contributed by atoms with Crippen molar-refractivity contribution in [3.63, 3.8) is 0 Å². The molecule has 4 heteroatoms. The minimum atomic E-state index is -0.807. The van der Waals surface area contributed by atoms with Gasteiger partial charge >= 0.3 is 5.97 Å². The number of carbonyl (C=O) groups excluding carboxylic acids is 1. The van der Waals surface area contributed by atoms with E-state index in [9.17, 15) is 14.7 Å². The van der Waals surface area contributed by atoms with Gasteiger partial charge in [0, 0.05) is 12.5 Å². The Morgan fingerprint density at radius 3 is 2.56 bits per heavy atom. The van der Waals surface area contributed by atoms with Crippen LogP contribution in [0.1, 0.15) is 51.4 Å².